The molecule has 2 heterocycles. The highest BCUT2D eigenvalue weighted by Crippen LogP contribution is 2.44. The molecule has 0 saturated carbocycles. The van der Waals surface area contributed by atoms with Gasteiger partial charge in [-0.15, -0.1) is 0 Å². The van der Waals surface area contributed by atoms with Crippen LogP contribution in [0.15, 0.2) is 17.0 Å². The van der Waals surface area contributed by atoms with Crippen LogP contribution in [0.25, 0.3) is 6.08 Å². The second kappa shape index (κ2) is 5.96. The molecule has 0 spiro atoms. The minimum atomic E-state index is -0.300. The molecule has 0 bridgehead atoms. The molecule has 3 rings (SSSR count). The Labute approximate surface area is 147 Å². The average molecular weight is 344 g/mol. The molecule has 24 heavy (non-hydrogen) atoms. The molecule has 1 aromatic rings. The Hall–Kier alpha value is -1.75. The van der Waals surface area contributed by atoms with Gasteiger partial charge < -0.3 is 4.90 Å². The number of rotatable bonds is 2. The summed E-state index contributed by atoms with van der Waals surface area (Å²) < 4.78 is 0. The van der Waals surface area contributed by atoms with Crippen molar-refractivity contribution in [1.82, 2.24) is 5.32 Å². The molecule has 0 aromatic heterocycles. The monoisotopic (exact) mass is 344 g/mol. The fraction of sp³-hybridized carbons (Fsp3) is 0.474. The second-order valence-electron chi connectivity index (χ2n) is 7.28. The molecule has 2 aliphatic rings. The smallest absolute Gasteiger partial charge is 0.290 e. The number of nitrogens with one attached hydrogen (secondary N) is 1. The summed E-state index contributed by atoms with van der Waals surface area (Å²) in [6.07, 6.45) is 2.93. The Kier molecular flexibility index (Phi) is 4.24. The SMILES string of the molecule is CCN1c2cc(C)c(/C=C3/SC(=O)NC3=O)cc2C(C)CC1(C)C. The van der Waals surface area contributed by atoms with Gasteiger partial charge in [0.1, 0.15) is 0 Å². The van der Waals surface area contributed by atoms with Crippen molar-refractivity contribution >= 4 is 34.7 Å². The first-order valence-corrected chi connectivity index (χ1v) is 9.21. The van der Waals surface area contributed by atoms with Crippen molar-refractivity contribution < 1.29 is 9.59 Å². The van der Waals surface area contributed by atoms with E-state index < -0.39 is 0 Å². The van der Waals surface area contributed by atoms with Crippen molar-refractivity contribution in [2.24, 2.45) is 0 Å². The van der Waals surface area contributed by atoms with Gasteiger partial charge in [-0.05, 0) is 86.7 Å². The largest absolute Gasteiger partial charge is 0.366 e. The summed E-state index contributed by atoms with van der Waals surface area (Å²) in [6, 6.07) is 4.42. The number of amides is 2. The maximum absolute atomic E-state index is 11.8. The zero-order valence-corrected chi connectivity index (χ0v) is 15.7. The Bertz CT molecular complexity index is 752. The lowest BCUT2D eigenvalue weighted by Gasteiger charge is -2.47. The van der Waals surface area contributed by atoms with Crippen LogP contribution in [-0.4, -0.2) is 23.2 Å². The number of carbonyl (C=O) groups excluding carboxylic acids is 2. The quantitative estimate of drug-likeness (QED) is 0.806. The molecule has 5 heteroatoms. The minimum absolute atomic E-state index is 0.140. The lowest BCUT2D eigenvalue weighted by atomic mass is 9.79. The molecule has 1 unspecified atom stereocenters. The zero-order valence-electron chi connectivity index (χ0n) is 14.9. The van der Waals surface area contributed by atoms with E-state index in [0.717, 1.165) is 35.9 Å². The van der Waals surface area contributed by atoms with Crippen LogP contribution in [0.1, 0.15) is 56.7 Å². The van der Waals surface area contributed by atoms with Crippen LogP contribution < -0.4 is 10.2 Å². The number of thioether (sulfide) groups is 1. The molecule has 1 N–H and O–H groups in total. The minimum Gasteiger partial charge on any atom is -0.366 e. The van der Waals surface area contributed by atoms with Gasteiger partial charge in [0.05, 0.1) is 4.91 Å². The third-order valence-corrected chi connectivity index (χ3v) is 5.83. The van der Waals surface area contributed by atoms with Gasteiger partial charge in [-0.3, -0.25) is 14.9 Å². The van der Waals surface area contributed by atoms with Crippen molar-refractivity contribution in [1.29, 1.82) is 0 Å². The van der Waals surface area contributed by atoms with Gasteiger partial charge in [-0.25, -0.2) is 0 Å². The van der Waals surface area contributed by atoms with Gasteiger partial charge in [0.15, 0.2) is 0 Å². The molecule has 1 saturated heterocycles. The average Bonchev–Trinajstić information content (AvgIpc) is 2.78. The van der Waals surface area contributed by atoms with Gasteiger partial charge in [0.2, 0.25) is 0 Å². The Morgan fingerprint density at radius 2 is 2.08 bits per heavy atom. The van der Waals surface area contributed by atoms with Gasteiger partial charge in [-0.2, -0.15) is 0 Å². The van der Waals surface area contributed by atoms with E-state index in [1.807, 2.05) is 6.08 Å². The fourth-order valence-corrected chi connectivity index (χ4v) is 4.64. The molecule has 1 aromatic carbocycles. The Morgan fingerprint density at radius 3 is 2.67 bits per heavy atom. The van der Waals surface area contributed by atoms with E-state index in [2.05, 4.69) is 57.0 Å². The first kappa shape index (κ1) is 17.1. The van der Waals surface area contributed by atoms with Crippen LogP contribution in [0.4, 0.5) is 10.5 Å². The van der Waals surface area contributed by atoms with E-state index >= 15 is 0 Å². The van der Waals surface area contributed by atoms with Crippen molar-refractivity contribution in [3.05, 3.63) is 33.7 Å². The van der Waals surface area contributed by atoms with Crippen LogP contribution >= 0.6 is 11.8 Å². The molecular weight excluding hydrogens is 320 g/mol. The van der Waals surface area contributed by atoms with Gasteiger partial charge in [0, 0.05) is 17.8 Å². The molecule has 1 atom stereocenters. The van der Waals surface area contributed by atoms with E-state index in [0.29, 0.717) is 10.8 Å². The summed E-state index contributed by atoms with van der Waals surface area (Å²) in [7, 11) is 0. The van der Waals surface area contributed by atoms with E-state index in [-0.39, 0.29) is 16.7 Å². The van der Waals surface area contributed by atoms with Gasteiger partial charge in [0.25, 0.3) is 11.1 Å². The normalized spacial score (nSPS) is 24.3. The predicted octanol–water partition coefficient (Wildman–Crippen LogP) is 4.43. The first-order chi connectivity index (χ1) is 11.2. The van der Waals surface area contributed by atoms with Crippen LogP contribution in [0.5, 0.6) is 0 Å². The summed E-state index contributed by atoms with van der Waals surface area (Å²) in [5.74, 6) is 0.161. The molecule has 0 aliphatic carbocycles. The van der Waals surface area contributed by atoms with Gasteiger partial charge in [-0.1, -0.05) is 6.92 Å². The highest BCUT2D eigenvalue weighted by molar-refractivity contribution is 8.18. The lowest BCUT2D eigenvalue weighted by molar-refractivity contribution is -0.115. The molecule has 0 radical (unpaired) electrons. The van der Waals surface area contributed by atoms with Gasteiger partial charge >= 0.3 is 0 Å². The number of hydrogen-bond donors (Lipinski definition) is 1. The standard InChI is InChI=1S/C19H24N2O2S/c1-6-21-15-7-11(2)13(9-16-17(22)20-18(23)24-16)8-14(15)12(3)10-19(21,4)5/h7-9,12H,6,10H2,1-5H3,(H,20,22,23)/b16-9+. The first-order valence-electron chi connectivity index (χ1n) is 8.40. The maximum atomic E-state index is 11.8. The number of anilines is 1. The van der Waals surface area contributed by atoms with Crippen molar-refractivity contribution in [2.45, 2.75) is 52.5 Å². The summed E-state index contributed by atoms with van der Waals surface area (Å²) >= 11 is 0.971. The maximum Gasteiger partial charge on any atom is 0.290 e. The molecule has 2 amide bonds. The number of carbonyl (C=O) groups is 2. The fourth-order valence-electron chi connectivity index (χ4n) is 3.97. The van der Waals surface area contributed by atoms with Crippen LogP contribution in [0.3, 0.4) is 0 Å². The summed E-state index contributed by atoms with van der Waals surface area (Å²) in [5.41, 5.74) is 4.89. The number of nitrogens with zero attached hydrogens (tertiary/aromatic N) is 1. The summed E-state index contributed by atoms with van der Waals surface area (Å²) in [5, 5.41) is 2.02. The van der Waals surface area contributed by atoms with E-state index in [1.54, 1.807) is 0 Å². The Morgan fingerprint density at radius 1 is 1.38 bits per heavy atom. The van der Waals surface area contributed by atoms with Crippen molar-refractivity contribution in [3.8, 4) is 0 Å². The topological polar surface area (TPSA) is 49.4 Å². The number of aryl methyl sites for hydroxylation is 1. The highest BCUT2D eigenvalue weighted by Gasteiger charge is 2.35. The molecule has 4 nitrogen and oxygen atoms in total. The van der Waals surface area contributed by atoms with Crippen molar-refractivity contribution in [3.63, 3.8) is 0 Å². The summed E-state index contributed by atoms with van der Waals surface area (Å²) in [4.78, 5) is 26.1. The van der Waals surface area contributed by atoms with Crippen LogP contribution in [0, 0.1) is 6.92 Å². The summed E-state index contributed by atoms with van der Waals surface area (Å²) in [6.45, 7) is 12.1. The zero-order chi connectivity index (χ0) is 17.6. The van der Waals surface area contributed by atoms with Crippen LogP contribution in [-0.2, 0) is 4.79 Å². The second-order valence-corrected chi connectivity index (χ2v) is 8.30. The number of fused-ring (bicyclic) bond motifs is 1. The van der Waals surface area contributed by atoms with Crippen LogP contribution in [0.2, 0.25) is 0 Å². The highest BCUT2D eigenvalue weighted by atomic mass is 32.2. The number of benzene rings is 1. The predicted molar refractivity (Wildman–Crippen MR) is 100 cm³/mol. The third-order valence-electron chi connectivity index (χ3n) is 5.02. The number of imide groups is 1. The molecule has 1 fully saturated rings. The molecule has 128 valence electrons. The van der Waals surface area contributed by atoms with E-state index in [1.165, 1.54) is 11.3 Å². The third kappa shape index (κ3) is 2.86. The number of hydrogen-bond acceptors (Lipinski definition) is 4. The van der Waals surface area contributed by atoms with Crippen molar-refractivity contribution in [2.75, 3.05) is 11.4 Å². The van der Waals surface area contributed by atoms with E-state index in [4.69, 9.17) is 0 Å². The van der Waals surface area contributed by atoms with E-state index in [9.17, 15) is 9.59 Å². The molecule has 2 aliphatic heterocycles. The molecular formula is C19H24N2O2S. The Balaban J connectivity index is 2.08. The lowest BCUT2D eigenvalue weighted by Crippen LogP contribution is -2.48.